The van der Waals surface area contributed by atoms with E-state index in [0.29, 0.717) is 6.42 Å². The van der Waals surface area contributed by atoms with E-state index in [1.54, 1.807) is 0 Å². The van der Waals surface area contributed by atoms with Gasteiger partial charge in [-0.3, -0.25) is 4.79 Å². The molecule has 0 aromatic heterocycles. The van der Waals surface area contributed by atoms with E-state index in [1.807, 2.05) is 85.7 Å². The normalized spacial score (nSPS) is 12.0. The first kappa shape index (κ1) is 18.0. The molecule has 4 nitrogen and oxygen atoms in total. The Bertz CT molecular complexity index is 883. The van der Waals surface area contributed by atoms with Gasteiger partial charge in [-0.15, -0.1) is 0 Å². The molecule has 3 aromatic carbocycles. The number of rotatable bonds is 6. The Balaban J connectivity index is 1.59. The number of hydrogen-bond donors (Lipinski definition) is 2. The van der Waals surface area contributed by atoms with Crippen LogP contribution in [-0.4, -0.2) is 31.7 Å². The summed E-state index contributed by atoms with van der Waals surface area (Å²) in [5, 5.41) is 15.4. The molecule has 0 heterocycles. The summed E-state index contributed by atoms with van der Waals surface area (Å²) in [5.74, 6) is -0.0923. The van der Waals surface area contributed by atoms with Gasteiger partial charge in [0.05, 0.1) is 12.5 Å². The molecule has 2 N–H and O–H groups in total. The van der Waals surface area contributed by atoms with Gasteiger partial charge in [0.15, 0.2) is 0 Å². The van der Waals surface area contributed by atoms with Crippen molar-refractivity contribution < 1.29 is 9.90 Å². The van der Waals surface area contributed by atoms with E-state index in [-0.39, 0.29) is 12.5 Å². The molecule has 0 fully saturated rings. The highest BCUT2D eigenvalue weighted by Crippen LogP contribution is 2.19. The third kappa shape index (κ3) is 4.21. The van der Waals surface area contributed by atoms with E-state index in [9.17, 15) is 9.90 Å². The minimum Gasteiger partial charge on any atom is -0.387 e. The molecule has 0 aliphatic rings. The van der Waals surface area contributed by atoms with Gasteiger partial charge < -0.3 is 15.3 Å². The molecule has 3 aromatic rings. The molecule has 1 atom stereocenters. The average molecular weight is 348 g/mol. The first-order valence-electron chi connectivity index (χ1n) is 8.73. The first-order chi connectivity index (χ1) is 12.5. The molecule has 26 heavy (non-hydrogen) atoms. The fourth-order valence-electron chi connectivity index (χ4n) is 3.01. The van der Waals surface area contributed by atoms with E-state index in [4.69, 9.17) is 0 Å². The number of fused-ring (bicyclic) bond motifs is 1. The Morgan fingerprint density at radius 3 is 2.42 bits per heavy atom. The lowest BCUT2D eigenvalue weighted by molar-refractivity contribution is -0.120. The lowest BCUT2D eigenvalue weighted by Crippen LogP contribution is -2.29. The number of aliphatic hydroxyl groups excluding tert-OH is 1. The zero-order valence-electron chi connectivity index (χ0n) is 15.1. The topological polar surface area (TPSA) is 52.6 Å². The molecule has 0 saturated carbocycles. The highest BCUT2D eigenvalue weighted by Gasteiger charge is 2.11. The predicted molar refractivity (Wildman–Crippen MR) is 106 cm³/mol. The third-order valence-corrected chi connectivity index (χ3v) is 4.52. The van der Waals surface area contributed by atoms with E-state index in [1.165, 1.54) is 0 Å². The Kier molecular flexibility index (Phi) is 5.54. The number of carbonyl (C=O) groups excluding carboxylic acids is 1. The van der Waals surface area contributed by atoms with Crippen LogP contribution in [0.4, 0.5) is 5.69 Å². The van der Waals surface area contributed by atoms with Crippen LogP contribution in [0.25, 0.3) is 10.8 Å². The number of anilines is 1. The zero-order chi connectivity index (χ0) is 18.5. The summed E-state index contributed by atoms with van der Waals surface area (Å²) < 4.78 is 0. The molecule has 0 spiro atoms. The molecule has 0 aliphatic carbocycles. The summed E-state index contributed by atoms with van der Waals surface area (Å²) in [7, 11) is 3.94. The van der Waals surface area contributed by atoms with Crippen LogP contribution in [0.1, 0.15) is 17.2 Å². The third-order valence-electron chi connectivity index (χ3n) is 4.52. The van der Waals surface area contributed by atoms with Crippen molar-refractivity contribution in [2.45, 2.75) is 12.5 Å². The second-order valence-electron chi connectivity index (χ2n) is 6.62. The maximum absolute atomic E-state index is 12.3. The van der Waals surface area contributed by atoms with Gasteiger partial charge in [0.2, 0.25) is 5.91 Å². The van der Waals surface area contributed by atoms with Crippen LogP contribution in [-0.2, 0) is 11.2 Å². The molecular weight excluding hydrogens is 324 g/mol. The van der Waals surface area contributed by atoms with Crippen molar-refractivity contribution in [2.24, 2.45) is 0 Å². The fourth-order valence-corrected chi connectivity index (χ4v) is 3.01. The summed E-state index contributed by atoms with van der Waals surface area (Å²) in [6.07, 6.45) is -0.420. The standard InChI is InChI=1S/C22H24N2O2/c1-24(2)19-12-10-17(11-13-19)21(25)15-23-22(26)14-18-8-5-7-16-6-3-4-9-20(16)18/h3-13,21,25H,14-15H2,1-2H3,(H,23,26)/t21-/m1/s1. The van der Waals surface area contributed by atoms with Gasteiger partial charge in [0, 0.05) is 26.3 Å². The van der Waals surface area contributed by atoms with E-state index >= 15 is 0 Å². The summed E-state index contributed by atoms with van der Waals surface area (Å²) in [6.45, 7) is 0.199. The van der Waals surface area contributed by atoms with E-state index in [2.05, 4.69) is 5.32 Å². The number of nitrogens with one attached hydrogen (secondary N) is 1. The average Bonchev–Trinajstić information content (AvgIpc) is 2.66. The minimum atomic E-state index is -0.720. The summed E-state index contributed by atoms with van der Waals surface area (Å²) >= 11 is 0. The Morgan fingerprint density at radius 2 is 1.69 bits per heavy atom. The zero-order valence-corrected chi connectivity index (χ0v) is 15.1. The molecule has 4 heteroatoms. The lowest BCUT2D eigenvalue weighted by Gasteiger charge is -2.16. The van der Waals surface area contributed by atoms with Gasteiger partial charge in [0.25, 0.3) is 0 Å². The summed E-state index contributed by atoms with van der Waals surface area (Å²) in [6, 6.07) is 21.7. The molecule has 0 unspecified atom stereocenters. The largest absolute Gasteiger partial charge is 0.387 e. The molecule has 0 aliphatic heterocycles. The Labute approximate surface area is 154 Å². The van der Waals surface area contributed by atoms with Crippen molar-refractivity contribution in [1.82, 2.24) is 5.32 Å². The number of amides is 1. The molecular formula is C22H24N2O2. The Hall–Kier alpha value is -2.85. The van der Waals surface area contributed by atoms with Crippen LogP contribution < -0.4 is 10.2 Å². The summed E-state index contributed by atoms with van der Waals surface area (Å²) in [5.41, 5.74) is 2.85. The predicted octanol–water partition coefficient (Wildman–Crippen LogP) is 3.30. The van der Waals surface area contributed by atoms with Gasteiger partial charge in [-0.1, -0.05) is 54.6 Å². The molecule has 0 saturated heterocycles. The number of carbonyl (C=O) groups is 1. The second-order valence-corrected chi connectivity index (χ2v) is 6.62. The van der Waals surface area contributed by atoms with Crippen molar-refractivity contribution in [3.63, 3.8) is 0 Å². The van der Waals surface area contributed by atoms with Crippen molar-refractivity contribution in [3.05, 3.63) is 77.9 Å². The molecule has 0 bridgehead atoms. The monoisotopic (exact) mass is 348 g/mol. The molecule has 0 radical (unpaired) electrons. The number of nitrogens with zero attached hydrogens (tertiary/aromatic N) is 1. The van der Waals surface area contributed by atoms with E-state index < -0.39 is 6.10 Å². The van der Waals surface area contributed by atoms with Gasteiger partial charge in [-0.05, 0) is 34.0 Å². The van der Waals surface area contributed by atoms with Crippen LogP contribution in [0, 0.1) is 0 Å². The second kappa shape index (κ2) is 8.02. The highest BCUT2D eigenvalue weighted by molar-refractivity contribution is 5.90. The maximum Gasteiger partial charge on any atom is 0.224 e. The number of benzene rings is 3. The number of hydrogen-bond acceptors (Lipinski definition) is 3. The van der Waals surface area contributed by atoms with Crippen LogP contribution in [0.15, 0.2) is 66.7 Å². The maximum atomic E-state index is 12.3. The minimum absolute atomic E-state index is 0.0923. The highest BCUT2D eigenvalue weighted by atomic mass is 16.3. The van der Waals surface area contributed by atoms with Crippen molar-refractivity contribution in [1.29, 1.82) is 0 Å². The smallest absolute Gasteiger partial charge is 0.224 e. The molecule has 1 amide bonds. The van der Waals surface area contributed by atoms with Gasteiger partial charge >= 0.3 is 0 Å². The van der Waals surface area contributed by atoms with Crippen LogP contribution in [0.3, 0.4) is 0 Å². The van der Waals surface area contributed by atoms with Gasteiger partial charge in [0.1, 0.15) is 0 Å². The summed E-state index contributed by atoms with van der Waals surface area (Å²) in [4.78, 5) is 14.3. The van der Waals surface area contributed by atoms with Crippen LogP contribution in [0.5, 0.6) is 0 Å². The van der Waals surface area contributed by atoms with Crippen LogP contribution in [0.2, 0.25) is 0 Å². The SMILES string of the molecule is CN(C)c1ccc([C@H](O)CNC(=O)Cc2cccc3ccccc23)cc1. The fraction of sp³-hybridized carbons (Fsp3) is 0.227. The first-order valence-corrected chi connectivity index (χ1v) is 8.73. The number of aliphatic hydroxyl groups is 1. The molecule has 3 rings (SSSR count). The van der Waals surface area contributed by atoms with Crippen molar-refractivity contribution in [2.75, 3.05) is 25.5 Å². The van der Waals surface area contributed by atoms with Gasteiger partial charge in [-0.25, -0.2) is 0 Å². The van der Waals surface area contributed by atoms with Gasteiger partial charge in [-0.2, -0.15) is 0 Å². The van der Waals surface area contributed by atoms with Crippen molar-refractivity contribution >= 4 is 22.4 Å². The van der Waals surface area contributed by atoms with Crippen molar-refractivity contribution in [3.8, 4) is 0 Å². The Morgan fingerprint density at radius 1 is 1.00 bits per heavy atom. The molecule has 134 valence electrons. The van der Waals surface area contributed by atoms with Crippen LogP contribution >= 0.6 is 0 Å². The lowest BCUT2D eigenvalue weighted by atomic mass is 10.0. The van der Waals surface area contributed by atoms with E-state index in [0.717, 1.165) is 27.6 Å². The quantitative estimate of drug-likeness (QED) is 0.719.